The number of nitro groups is 1. The van der Waals surface area contributed by atoms with Gasteiger partial charge in [0.05, 0.1) is 35.1 Å². The summed E-state index contributed by atoms with van der Waals surface area (Å²) in [4.78, 5) is 23.0. The number of nitrogens with zero attached hydrogens (tertiary/aromatic N) is 5. The standard InChI is InChI=1S/C21H19ClN6O4/c1-13-20(14(2)27(25-13)10-15-3-5-16(22)6-4-15)24-21(29)19-8-7-18(32-19)12-26-11-17(9-23-26)28(30)31/h3-9,11H,10,12H2,1-2H3,(H,24,29). The molecule has 10 nitrogen and oxygen atoms in total. The number of hydrogen-bond donors (Lipinski definition) is 1. The van der Waals surface area contributed by atoms with Crippen LogP contribution in [0.1, 0.15) is 33.3 Å². The number of hydrogen-bond acceptors (Lipinski definition) is 6. The van der Waals surface area contributed by atoms with E-state index in [-0.39, 0.29) is 18.0 Å². The molecule has 1 N–H and O–H groups in total. The van der Waals surface area contributed by atoms with Crippen LogP contribution in [0.25, 0.3) is 0 Å². The van der Waals surface area contributed by atoms with Crippen molar-refractivity contribution in [2.45, 2.75) is 26.9 Å². The average Bonchev–Trinajstić information content (AvgIpc) is 3.47. The highest BCUT2D eigenvalue weighted by molar-refractivity contribution is 6.30. The molecule has 0 saturated carbocycles. The summed E-state index contributed by atoms with van der Waals surface area (Å²) >= 11 is 5.94. The molecule has 0 saturated heterocycles. The summed E-state index contributed by atoms with van der Waals surface area (Å²) in [6.45, 7) is 4.40. The molecule has 0 aliphatic carbocycles. The molecule has 0 aliphatic heterocycles. The number of carbonyl (C=O) groups is 1. The molecule has 0 unspecified atom stereocenters. The predicted octanol–water partition coefficient (Wildman–Crippen LogP) is 4.20. The van der Waals surface area contributed by atoms with E-state index in [9.17, 15) is 14.9 Å². The maximum absolute atomic E-state index is 12.7. The number of benzene rings is 1. The molecule has 3 aromatic heterocycles. The van der Waals surface area contributed by atoms with Gasteiger partial charge in [0, 0.05) is 5.02 Å². The number of amides is 1. The first-order valence-electron chi connectivity index (χ1n) is 9.65. The molecule has 0 spiro atoms. The predicted molar refractivity (Wildman–Crippen MR) is 117 cm³/mol. The monoisotopic (exact) mass is 454 g/mol. The number of carbonyl (C=O) groups excluding carboxylic acids is 1. The molecule has 3 heterocycles. The van der Waals surface area contributed by atoms with Crippen molar-refractivity contribution in [3.8, 4) is 0 Å². The molecule has 1 aromatic carbocycles. The Morgan fingerprint density at radius 1 is 1.19 bits per heavy atom. The number of rotatable bonds is 7. The molecular formula is C21H19ClN6O4. The molecular weight excluding hydrogens is 436 g/mol. The molecule has 0 atom stereocenters. The summed E-state index contributed by atoms with van der Waals surface area (Å²) in [6.07, 6.45) is 2.45. The second-order valence-corrected chi connectivity index (χ2v) is 7.64. The smallest absolute Gasteiger partial charge is 0.307 e. The molecule has 11 heteroatoms. The maximum Gasteiger partial charge on any atom is 0.307 e. The van der Waals surface area contributed by atoms with Gasteiger partial charge in [-0.2, -0.15) is 10.2 Å². The van der Waals surface area contributed by atoms with Gasteiger partial charge in [-0.1, -0.05) is 23.7 Å². The van der Waals surface area contributed by atoms with E-state index in [2.05, 4.69) is 15.5 Å². The minimum Gasteiger partial charge on any atom is -0.454 e. The van der Waals surface area contributed by atoms with Crippen LogP contribution in [0.15, 0.2) is 53.2 Å². The molecule has 0 aliphatic rings. The van der Waals surface area contributed by atoms with Crippen LogP contribution in [0.2, 0.25) is 5.02 Å². The van der Waals surface area contributed by atoms with Crippen molar-refractivity contribution in [3.63, 3.8) is 0 Å². The summed E-state index contributed by atoms with van der Waals surface area (Å²) in [7, 11) is 0. The number of aryl methyl sites for hydroxylation is 1. The highest BCUT2D eigenvalue weighted by atomic mass is 35.5. The van der Waals surface area contributed by atoms with E-state index in [1.54, 1.807) is 12.1 Å². The van der Waals surface area contributed by atoms with Crippen molar-refractivity contribution < 1.29 is 14.1 Å². The Morgan fingerprint density at radius 3 is 2.62 bits per heavy atom. The fourth-order valence-electron chi connectivity index (χ4n) is 3.25. The Kier molecular flexibility index (Phi) is 5.78. The van der Waals surface area contributed by atoms with Crippen molar-refractivity contribution in [3.05, 3.63) is 92.4 Å². The van der Waals surface area contributed by atoms with Gasteiger partial charge in [-0.05, 0) is 43.7 Å². The first-order valence-corrected chi connectivity index (χ1v) is 10.0. The van der Waals surface area contributed by atoms with Crippen LogP contribution in [0.4, 0.5) is 11.4 Å². The lowest BCUT2D eigenvalue weighted by molar-refractivity contribution is -0.385. The van der Waals surface area contributed by atoms with Crippen molar-refractivity contribution >= 4 is 28.9 Å². The second-order valence-electron chi connectivity index (χ2n) is 7.20. The van der Waals surface area contributed by atoms with Crippen LogP contribution >= 0.6 is 11.6 Å². The number of halogens is 1. The Morgan fingerprint density at radius 2 is 1.94 bits per heavy atom. The highest BCUT2D eigenvalue weighted by Gasteiger charge is 2.18. The lowest BCUT2D eigenvalue weighted by Gasteiger charge is -2.07. The van der Waals surface area contributed by atoms with E-state index in [0.717, 1.165) is 17.5 Å². The van der Waals surface area contributed by atoms with Gasteiger partial charge in [0.2, 0.25) is 0 Å². The first kappa shape index (κ1) is 21.3. The van der Waals surface area contributed by atoms with E-state index >= 15 is 0 Å². The van der Waals surface area contributed by atoms with Crippen molar-refractivity contribution in [1.29, 1.82) is 0 Å². The molecule has 0 bridgehead atoms. The van der Waals surface area contributed by atoms with Crippen molar-refractivity contribution in [1.82, 2.24) is 19.6 Å². The van der Waals surface area contributed by atoms with Gasteiger partial charge >= 0.3 is 5.69 Å². The molecule has 164 valence electrons. The quantitative estimate of drug-likeness (QED) is 0.330. The number of nitrogens with one attached hydrogen (secondary N) is 1. The molecule has 32 heavy (non-hydrogen) atoms. The van der Waals surface area contributed by atoms with E-state index < -0.39 is 10.8 Å². The second kappa shape index (κ2) is 8.67. The average molecular weight is 455 g/mol. The topological polar surface area (TPSA) is 121 Å². The van der Waals surface area contributed by atoms with Crippen LogP contribution in [0.5, 0.6) is 0 Å². The van der Waals surface area contributed by atoms with Gasteiger partial charge < -0.3 is 9.73 Å². The van der Waals surface area contributed by atoms with E-state index in [4.69, 9.17) is 16.0 Å². The van der Waals surface area contributed by atoms with Gasteiger partial charge in [-0.3, -0.25) is 24.3 Å². The Balaban J connectivity index is 1.45. The Bertz CT molecular complexity index is 1290. The van der Waals surface area contributed by atoms with Gasteiger partial charge in [0.25, 0.3) is 5.91 Å². The molecule has 4 rings (SSSR count). The fourth-order valence-corrected chi connectivity index (χ4v) is 3.37. The zero-order chi connectivity index (χ0) is 22.8. The normalized spacial score (nSPS) is 11.0. The van der Waals surface area contributed by atoms with E-state index in [1.807, 2.05) is 42.8 Å². The highest BCUT2D eigenvalue weighted by Crippen LogP contribution is 2.22. The lowest BCUT2D eigenvalue weighted by atomic mass is 10.2. The fraction of sp³-hybridized carbons (Fsp3) is 0.190. The maximum atomic E-state index is 12.7. The summed E-state index contributed by atoms with van der Waals surface area (Å²) in [5.74, 6) is 0.144. The van der Waals surface area contributed by atoms with Crippen LogP contribution in [0.3, 0.4) is 0 Å². The van der Waals surface area contributed by atoms with Crippen LogP contribution < -0.4 is 5.32 Å². The number of aromatic nitrogens is 4. The molecule has 0 radical (unpaired) electrons. The lowest BCUT2D eigenvalue weighted by Crippen LogP contribution is -2.12. The summed E-state index contributed by atoms with van der Waals surface area (Å²) < 4.78 is 8.78. The first-order chi connectivity index (χ1) is 15.3. The van der Waals surface area contributed by atoms with E-state index in [0.29, 0.717) is 28.7 Å². The van der Waals surface area contributed by atoms with Gasteiger partial charge in [-0.25, -0.2) is 0 Å². The van der Waals surface area contributed by atoms with Crippen molar-refractivity contribution in [2.24, 2.45) is 0 Å². The zero-order valence-electron chi connectivity index (χ0n) is 17.3. The van der Waals surface area contributed by atoms with E-state index in [1.165, 1.54) is 10.9 Å². The zero-order valence-corrected chi connectivity index (χ0v) is 18.0. The van der Waals surface area contributed by atoms with Crippen LogP contribution in [-0.4, -0.2) is 30.4 Å². The summed E-state index contributed by atoms with van der Waals surface area (Å²) in [5, 5.41) is 22.7. The Hall–Kier alpha value is -3.92. The van der Waals surface area contributed by atoms with Gasteiger partial charge in [-0.15, -0.1) is 0 Å². The third-order valence-corrected chi connectivity index (χ3v) is 5.15. The summed E-state index contributed by atoms with van der Waals surface area (Å²) in [5.41, 5.74) is 3.02. The third kappa shape index (κ3) is 4.54. The molecule has 1 amide bonds. The minimum absolute atomic E-state index is 0.115. The number of furan rings is 1. The van der Waals surface area contributed by atoms with Gasteiger partial charge in [0.1, 0.15) is 18.2 Å². The largest absolute Gasteiger partial charge is 0.454 e. The van der Waals surface area contributed by atoms with Crippen LogP contribution in [0, 0.1) is 24.0 Å². The third-order valence-electron chi connectivity index (χ3n) is 4.90. The van der Waals surface area contributed by atoms with Crippen LogP contribution in [-0.2, 0) is 13.1 Å². The van der Waals surface area contributed by atoms with Crippen molar-refractivity contribution in [2.75, 3.05) is 5.32 Å². The Labute approximate surface area is 187 Å². The minimum atomic E-state index is -0.526. The number of anilines is 1. The summed E-state index contributed by atoms with van der Waals surface area (Å²) in [6, 6.07) is 10.7. The van der Waals surface area contributed by atoms with Gasteiger partial charge in [0.15, 0.2) is 5.76 Å². The molecule has 0 fully saturated rings. The SMILES string of the molecule is Cc1nn(Cc2ccc(Cl)cc2)c(C)c1NC(=O)c1ccc(Cn2cc([N+](=O)[O-])cn2)o1. The molecule has 4 aromatic rings.